The van der Waals surface area contributed by atoms with Crippen LogP contribution in [0.15, 0.2) is 36.7 Å². The first-order valence-electron chi connectivity index (χ1n) is 9.55. The van der Waals surface area contributed by atoms with Crippen molar-refractivity contribution in [3.05, 3.63) is 47.8 Å². The van der Waals surface area contributed by atoms with E-state index in [-0.39, 0.29) is 12.0 Å². The molecule has 1 N–H and O–H groups in total. The standard InChI is InChI=1S/C20H24N4O3S/c25-19(17-2-1-5-22-20(17)27-16-4-11-28-14-16)23-13-15-3-6-21-18(12-15)24-7-9-26-10-8-24/h1-3,5-6,12,16H,4,7-11,13-14H2,(H,23,25). The fourth-order valence-electron chi connectivity index (χ4n) is 3.23. The number of pyridine rings is 2. The maximum atomic E-state index is 12.7. The molecule has 1 amide bonds. The lowest BCUT2D eigenvalue weighted by Crippen LogP contribution is -2.36. The molecule has 7 nitrogen and oxygen atoms in total. The van der Waals surface area contributed by atoms with Crippen LogP contribution in [0.25, 0.3) is 0 Å². The molecular weight excluding hydrogens is 376 g/mol. The van der Waals surface area contributed by atoms with E-state index in [1.54, 1.807) is 24.5 Å². The topological polar surface area (TPSA) is 76.6 Å². The van der Waals surface area contributed by atoms with Gasteiger partial charge in [-0.2, -0.15) is 11.8 Å². The van der Waals surface area contributed by atoms with E-state index in [0.29, 0.717) is 31.2 Å². The number of carbonyl (C=O) groups is 1. The van der Waals surface area contributed by atoms with E-state index in [0.717, 1.165) is 42.4 Å². The number of thioether (sulfide) groups is 1. The van der Waals surface area contributed by atoms with Crippen LogP contribution >= 0.6 is 11.8 Å². The van der Waals surface area contributed by atoms with Gasteiger partial charge in [-0.25, -0.2) is 9.97 Å². The average molecular weight is 401 g/mol. The quantitative estimate of drug-likeness (QED) is 0.796. The van der Waals surface area contributed by atoms with Crippen LogP contribution in [-0.4, -0.2) is 59.8 Å². The van der Waals surface area contributed by atoms with E-state index < -0.39 is 0 Å². The summed E-state index contributed by atoms with van der Waals surface area (Å²) < 4.78 is 11.3. The molecule has 2 aromatic heterocycles. The summed E-state index contributed by atoms with van der Waals surface area (Å²) >= 11 is 1.87. The molecule has 1 unspecified atom stereocenters. The fourth-order valence-corrected chi connectivity index (χ4v) is 4.33. The Morgan fingerprint density at radius 2 is 2.18 bits per heavy atom. The third kappa shape index (κ3) is 4.74. The molecule has 0 radical (unpaired) electrons. The summed E-state index contributed by atoms with van der Waals surface area (Å²) in [6, 6.07) is 7.45. The number of anilines is 1. The van der Waals surface area contributed by atoms with E-state index in [1.807, 2.05) is 23.9 Å². The van der Waals surface area contributed by atoms with Gasteiger partial charge in [-0.05, 0) is 42.0 Å². The van der Waals surface area contributed by atoms with Gasteiger partial charge in [0.25, 0.3) is 5.91 Å². The van der Waals surface area contributed by atoms with Crippen LogP contribution < -0.4 is 15.0 Å². The van der Waals surface area contributed by atoms with Crippen LogP contribution in [0.4, 0.5) is 5.82 Å². The molecular formula is C20H24N4O3S. The van der Waals surface area contributed by atoms with Crippen molar-refractivity contribution in [3.63, 3.8) is 0 Å². The molecule has 28 heavy (non-hydrogen) atoms. The number of morpholine rings is 1. The van der Waals surface area contributed by atoms with Gasteiger partial charge in [0, 0.05) is 37.8 Å². The first-order chi connectivity index (χ1) is 13.8. The summed E-state index contributed by atoms with van der Waals surface area (Å²) in [4.78, 5) is 23.6. The number of rotatable bonds is 6. The molecule has 2 saturated heterocycles. The fraction of sp³-hybridized carbons (Fsp3) is 0.450. The van der Waals surface area contributed by atoms with Crippen molar-refractivity contribution >= 4 is 23.5 Å². The SMILES string of the molecule is O=C(NCc1ccnc(N2CCOCC2)c1)c1cccnc1OC1CCSC1. The summed E-state index contributed by atoms with van der Waals surface area (Å²) in [5, 5.41) is 2.98. The second-order valence-electron chi connectivity index (χ2n) is 6.76. The Bertz CT molecular complexity index is 808. The lowest BCUT2D eigenvalue weighted by molar-refractivity contribution is 0.0943. The predicted molar refractivity (Wildman–Crippen MR) is 109 cm³/mol. The monoisotopic (exact) mass is 400 g/mol. The van der Waals surface area contributed by atoms with Gasteiger partial charge in [-0.3, -0.25) is 4.79 Å². The van der Waals surface area contributed by atoms with Gasteiger partial charge in [-0.1, -0.05) is 0 Å². The van der Waals surface area contributed by atoms with E-state index in [9.17, 15) is 4.79 Å². The van der Waals surface area contributed by atoms with Gasteiger partial charge in [0.05, 0.1) is 13.2 Å². The van der Waals surface area contributed by atoms with Crippen molar-refractivity contribution in [2.45, 2.75) is 19.1 Å². The van der Waals surface area contributed by atoms with Crippen molar-refractivity contribution in [1.82, 2.24) is 15.3 Å². The molecule has 1 atom stereocenters. The average Bonchev–Trinajstić information content (AvgIpc) is 3.26. The van der Waals surface area contributed by atoms with Crippen LogP contribution in [0.5, 0.6) is 5.88 Å². The summed E-state index contributed by atoms with van der Waals surface area (Å²) in [6.45, 7) is 3.52. The molecule has 2 fully saturated rings. The van der Waals surface area contributed by atoms with Gasteiger partial charge in [0.1, 0.15) is 17.5 Å². The molecule has 0 aliphatic carbocycles. The Kier molecular flexibility index (Phi) is 6.28. The van der Waals surface area contributed by atoms with Gasteiger partial charge in [-0.15, -0.1) is 0 Å². The second kappa shape index (κ2) is 9.25. The normalized spacial score (nSPS) is 19.4. The number of aromatic nitrogens is 2. The highest BCUT2D eigenvalue weighted by Gasteiger charge is 2.21. The van der Waals surface area contributed by atoms with Crippen molar-refractivity contribution in [2.75, 3.05) is 42.7 Å². The number of nitrogens with zero attached hydrogens (tertiary/aromatic N) is 3. The molecule has 0 saturated carbocycles. The van der Waals surface area contributed by atoms with Crippen LogP contribution in [0.1, 0.15) is 22.3 Å². The lowest BCUT2D eigenvalue weighted by atomic mass is 10.2. The highest BCUT2D eigenvalue weighted by molar-refractivity contribution is 7.99. The highest BCUT2D eigenvalue weighted by Crippen LogP contribution is 2.24. The minimum Gasteiger partial charge on any atom is -0.473 e. The molecule has 8 heteroatoms. The molecule has 148 valence electrons. The number of amides is 1. The number of hydrogen-bond donors (Lipinski definition) is 1. The molecule has 2 aliphatic heterocycles. The zero-order chi connectivity index (χ0) is 19.2. The minimum absolute atomic E-state index is 0.128. The predicted octanol–water partition coefficient (Wildman–Crippen LogP) is 2.13. The zero-order valence-corrected chi connectivity index (χ0v) is 16.5. The van der Waals surface area contributed by atoms with Crippen LogP contribution in [0.3, 0.4) is 0 Å². The highest BCUT2D eigenvalue weighted by atomic mass is 32.2. The smallest absolute Gasteiger partial charge is 0.257 e. The van der Waals surface area contributed by atoms with Gasteiger partial charge >= 0.3 is 0 Å². The minimum atomic E-state index is -0.182. The summed E-state index contributed by atoms with van der Waals surface area (Å²) in [7, 11) is 0. The Morgan fingerprint density at radius 1 is 1.29 bits per heavy atom. The van der Waals surface area contributed by atoms with Gasteiger partial charge < -0.3 is 19.7 Å². The summed E-state index contributed by atoms with van der Waals surface area (Å²) in [6.07, 6.45) is 4.56. The van der Waals surface area contributed by atoms with Gasteiger partial charge in [0.15, 0.2) is 0 Å². The lowest BCUT2D eigenvalue weighted by Gasteiger charge is -2.28. The Morgan fingerprint density at radius 3 is 3.00 bits per heavy atom. The van der Waals surface area contributed by atoms with E-state index in [2.05, 4.69) is 20.2 Å². The number of carbonyl (C=O) groups excluding carboxylic acids is 1. The maximum Gasteiger partial charge on any atom is 0.257 e. The molecule has 2 aromatic rings. The van der Waals surface area contributed by atoms with Crippen molar-refractivity contribution < 1.29 is 14.3 Å². The largest absolute Gasteiger partial charge is 0.473 e. The van der Waals surface area contributed by atoms with E-state index in [1.165, 1.54) is 0 Å². The summed E-state index contributed by atoms with van der Waals surface area (Å²) in [5.74, 6) is 3.18. The number of hydrogen-bond acceptors (Lipinski definition) is 7. The first kappa shape index (κ1) is 19.0. The zero-order valence-electron chi connectivity index (χ0n) is 15.7. The van der Waals surface area contributed by atoms with Gasteiger partial charge in [0.2, 0.25) is 5.88 Å². The number of ether oxygens (including phenoxy) is 2. The Hall–Kier alpha value is -2.32. The van der Waals surface area contributed by atoms with Crippen molar-refractivity contribution in [1.29, 1.82) is 0 Å². The van der Waals surface area contributed by atoms with Crippen LogP contribution in [-0.2, 0) is 11.3 Å². The molecule has 0 bridgehead atoms. The van der Waals surface area contributed by atoms with Crippen LogP contribution in [0, 0.1) is 0 Å². The Balaban J connectivity index is 1.39. The molecule has 2 aliphatic rings. The molecule has 0 spiro atoms. The van der Waals surface area contributed by atoms with Crippen LogP contribution in [0.2, 0.25) is 0 Å². The maximum absolute atomic E-state index is 12.7. The third-order valence-corrected chi connectivity index (χ3v) is 5.91. The number of nitrogens with one attached hydrogen (secondary N) is 1. The Labute approximate surface area is 168 Å². The molecule has 0 aromatic carbocycles. The van der Waals surface area contributed by atoms with E-state index in [4.69, 9.17) is 9.47 Å². The van der Waals surface area contributed by atoms with Crippen molar-refractivity contribution in [2.24, 2.45) is 0 Å². The summed E-state index contributed by atoms with van der Waals surface area (Å²) in [5.41, 5.74) is 1.48. The second-order valence-corrected chi connectivity index (χ2v) is 7.91. The van der Waals surface area contributed by atoms with Crippen molar-refractivity contribution in [3.8, 4) is 5.88 Å². The third-order valence-electron chi connectivity index (χ3n) is 4.78. The van der Waals surface area contributed by atoms with E-state index >= 15 is 0 Å². The first-order valence-corrected chi connectivity index (χ1v) is 10.7. The molecule has 4 heterocycles. The molecule has 4 rings (SSSR count).